The molecule has 29 heteroatoms. The minimum absolute atomic E-state index is 0. The molecule has 0 fully saturated rings. The van der Waals surface area contributed by atoms with E-state index in [-0.39, 0.29) is 173 Å². The molecule has 0 atom stereocenters. The second-order valence-corrected chi connectivity index (χ2v) is 22.1. The molecule has 0 saturated carbocycles. The van der Waals surface area contributed by atoms with Gasteiger partial charge in [0.05, 0.1) is 45.0 Å². The Hall–Kier alpha value is -7.68. The van der Waals surface area contributed by atoms with E-state index >= 15 is 0 Å². The molecule has 8 bridgehead atoms. The fourth-order valence-corrected chi connectivity index (χ4v) is 10.8. The van der Waals surface area contributed by atoms with E-state index < -0.39 is 99.8 Å². The van der Waals surface area contributed by atoms with Crippen LogP contribution in [-0.2, 0) is 43.2 Å². The summed E-state index contributed by atoms with van der Waals surface area (Å²) in [6, 6.07) is 25.7. The van der Waals surface area contributed by atoms with Crippen molar-refractivity contribution in [1.82, 2.24) is 19.9 Å². The Labute approximate surface area is 565 Å². The number of pyridine rings is 4. The van der Waals surface area contributed by atoms with Gasteiger partial charge in [0.15, 0.2) is 24.8 Å². The van der Waals surface area contributed by atoms with Crippen molar-refractivity contribution in [1.29, 1.82) is 0 Å². The first kappa shape index (κ1) is 84.5. The van der Waals surface area contributed by atoms with Gasteiger partial charge in [-0.05, 0) is 74.3 Å². The second-order valence-electron chi connectivity index (χ2n) is 22.1. The molecule has 9 heterocycles. The molecule has 98 heavy (non-hydrogen) atoms. The van der Waals surface area contributed by atoms with Crippen LogP contribution in [0.4, 0.5) is 87.8 Å². The third kappa shape index (κ3) is 19.0. The van der Waals surface area contributed by atoms with Crippen LogP contribution >= 0.6 is 0 Å². The zero-order chi connectivity index (χ0) is 66.7. The molecule has 0 spiro atoms. The maximum absolute atomic E-state index is 14.2. The zero-order valence-corrected chi connectivity index (χ0v) is 54.9. The van der Waals surface area contributed by atoms with E-state index in [0.29, 0.717) is 22.8 Å². The number of nitrogens with zero attached hydrogens (tertiary/aromatic N) is 8. The summed E-state index contributed by atoms with van der Waals surface area (Å²) in [4.78, 5) is 20.6. The summed E-state index contributed by atoms with van der Waals surface area (Å²) < 4.78 is 279. The van der Waals surface area contributed by atoms with Crippen molar-refractivity contribution in [2.24, 2.45) is 0 Å². The molecular formula is C69H71F20MnN8-. The number of rotatable bonds is 24. The van der Waals surface area contributed by atoms with Gasteiger partial charge in [-0.15, -0.1) is 22.1 Å². The van der Waals surface area contributed by atoms with E-state index in [1.54, 1.807) is 164 Å². The van der Waals surface area contributed by atoms with Gasteiger partial charge in [-0.2, -0.15) is 106 Å². The van der Waals surface area contributed by atoms with Crippen LogP contribution in [0.15, 0.2) is 122 Å². The number of halogens is 20. The van der Waals surface area contributed by atoms with E-state index in [4.69, 9.17) is 19.9 Å². The Morgan fingerprint density at radius 3 is 0.653 bits per heavy atom. The van der Waals surface area contributed by atoms with Crippen molar-refractivity contribution in [2.45, 2.75) is 152 Å². The van der Waals surface area contributed by atoms with Gasteiger partial charge in [0, 0.05) is 99.9 Å². The third-order valence-corrected chi connectivity index (χ3v) is 15.6. The molecule has 9 rings (SSSR count). The Balaban J connectivity index is 0.00000417. The molecule has 0 aliphatic carbocycles. The maximum atomic E-state index is 14.2. The molecule has 8 nitrogen and oxygen atoms in total. The molecule has 2 aliphatic heterocycles. The number of unbranched alkanes of at least 4 members (excludes halogenated alkanes) is 4. The minimum Gasteiger partial charge on any atom is -0.656 e. The number of aromatic nitrogens is 8. The largest absolute Gasteiger partial charge is 2.00 e. The van der Waals surface area contributed by atoms with Gasteiger partial charge in [-0.3, -0.25) is 0 Å². The number of hydrogen-bond acceptors (Lipinski definition) is 2. The van der Waals surface area contributed by atoms with Crippen LogP contribution in [0.1, 0.15) is 99.8 Å². The summed E-state index contributed by atoms with van der Waals surface area (Å²) in [6.07, 6.45) is -19.6. The molecule has 0 aromatic carbocycles. The van der Waals surface area contributed by atoms with Crippen molar-refractivity contribution >= 4 is 46.4 Å². The Morgan fingerprint density at radius 2 is 0.469 bits per heavy atom. The third-order valence-electron chi connectivity index (χ3n) is 15.6. The smallest absolute Gasteiger partial charge is 0.656 e. The van der Waals surface area contributed by atoms with Crippen molar-refractivity contribution in [3.63, 3.8) is 0 Å². The molecular weight excluding hydrogens is 1380 g/mol. The van der Waals surface area contributed by atoms with Crippen molar-refractivity contribution in [2.75, 3.05) is 0 Å². The molecule has 7 aromatic rings. The summed E-state index contributed by atoms with van der Waals surface area (Å²) in [5.74, 6) is -19.9. The van der Waals surface area contributed by atoms with E-state index in [2.05, 4.69) is 0 Å². The first-order chi connectivity index (χ1) is 43.2. The molecule has 0 unspecified atom stereocenters. The van der Waals surface area contributed by atoms with Gasteiger partial charge < -0.3 is 47.1 Å². The van der Waals surface area contributed by atoms with Crippen LogP contribution in [0.25, 0.3) is 91.4 Å². The Morgan fingerprint density at radius 1 is 0.276 bits per heavy atom. The predicted octanol–water partition coefficient (Wildman–Crippen LogP) is 19.5. The first-order valence-corrected chi connectivity index (χ1v) is 29.0. The fraction of sp³-hybridized carbons (Fsp3) is 0.348. The second kappa shape index (κ2) is 33.5. The van der Waals surface area contributed by atoms with Gasteiger partial charge in [0.1, 0.15) is 26.2 Å². The van der Waals surface area contributed by atoms with Crippen molar-refractivity contribution < 1.29 is 123 Å². The predicted molar refractivity (Wildman–Crippen MR) is 331 cm³/mol. The fourth-order valence-electron chi connectivity index (χ4n) is 10.8. The summed E-state index contributed by atoms with van der Waals surface area (Å²) >= 11 is 0. The summed E-state index contributed by atoms with van der Waals surface area (Å²) in [7, 11) is 0. The number of fused-ring (bicyclic) bond motifs is 8. The monoisotopic (exact) mass is 1450 g/mol. The van der Waals surface area contributed by atoms with Crippen LogP contribution in [0.5, 0.6) is 0 Å². The normalized spacial score (nSPS) is 12.8. The van der Waals surface area contributed by atoms with Gasteiger partial charge in [0.25, 0.3) is 0 Å². The minimum atomic E-state index is -5.80. The van der Waals surface area contributed by atoms with Crippen LogP contribution in [0, 0.1) is 37.1 Å². The van der Waals surface area contributed by atoms with E-state index in [9.17, 15) is 87.8 Å². The van der Waals surface area contributed by atoms with E-state index in [1.165, 1.54) is 0 Å². The molecule has 7 aromatic heterocycles. The Bertz CT molecular complexity index is 3510. The van der Waals surface area contributed by atoms with Crippen LogP contribution < -0.4 is 28.2 Å². The quantitative estimate of drug-likeness (QED) is 0.0199. The zero-order valence-electron chi connectivity index (χ0n) is 53.7. The molecule has 535 valence electrons. The summed E-state index contributed by atoms with van der Waals surface area (Å²) in [5, 5.41) is 0. The van der Waals surface area contributed by atoms with Crippen molar-refractivity contribution in [3.05, 3.63) is 182 Å². The van der Waals surface area contributed by atoms with Crippen LogP contribution in [-0.4, -0.2) is 58.4 Å². The topological polar surface area (TPSA) is 69.5 Å². The van der Waals surface area contributed by atoms with Gasteiger partial charge in [-0.1, -0.05) is 24.3 Å². The summed E-state index contributed by atoms with van der Waals surface area (Å²) in [5.41, 5.74) is 3.68. The van der Waals surface area contributed by atoms with Crippen molar-refractivity contribution in [3.8, 4) is 45.0 Å². The summed E-state index contributed by atoms with van der Waals surface area (Å²) in [6.45, 7) is -0.460. The van der Waals surface area contributed by atoms with Gasteiger partial charge in [-0.25, -0.2) is 9.97 Å². The van der Waals surface area contributed by atoms with Crippen LogP contribution in [0.2, 0.25) is 0 Å². The van der Waals surface area contributed by atoms with Gasteiger partial charge in [0.2, 0.25) is 22.8 Å². The average molecular weight is 1450 g/mol. The molecule has 0 amide bonds. The first-order valence-electron chi connectivity index (χ1n) is 29.0. The number of hydrogen-bond donors (Lipinski definition) is 0. The average Bonchev–Trinajstić information content (AvgIpc) is 1.60. The standard InChI is InChI=1S/C64H56F20N8.5CH3.Mn/c65-57(66,61(73,74)75)29-5-13-37-89-33-9-1-17-49(89)53-41-21-23-43(85-41)54(50-18-2-10-34-90(50)38-14-6-30-58(67,68)62(76,77)78)45-25-27-47(87-45)56(52-20-4-12-36-92(52)40-16-8-32-60(71,72)64(82,83)84)48-28-26-46(88-48)55(44-24-22-42(53)86-44)51-19-3-11-35-91(51)39-15-7-31-59(69,70)63(79,80)81;;;;;;/h1-4,9-12,17-28,33-36H,5-8,13-16,29-32,37-40H2;5*1H3;/q+2;5*-1;+2. The molecule has 1 radical (unpaired) electrons. The molecule has 2 aliphatic rings. The Kier molecular flexibility index (Phi) is 28.9. The number of alkyl halides is 20. The molecule has 0 saturated heterocycles. The number of aryl methyl sites for hydroxylation is 4. The van der Waals surface area contributed by atoms with E-state index in [1.807, 2.05) is 0 Å². The maximum Gasteiger partial charge on any atom is 2.00 e. The van der Waals surface area contributed by atoms with Crippen LogP contribution in [0.3, 0.4) is 0 Å². The van der Waals surface area contributed by atoms with E-state index in [0.717, 1.165) is 0 Å². The molecule has 0 N–H and O–H groups in total. The SMILES string of the molecule is FC(F)(F)C(F)(F)CCCC[n+]1ccccc1-c1c2nc(c(-c3cccc[n+]3CCCCC(F)(F)C(F)(F)F)c3ccc([n-]3)c(-c3cccc[n+]3CCCCC(F)(F)C(F)(F)F)c3nc(c(-c4cccc[n+]4CCCCC(F)(F)C(F)(F)F)c4ccc1[n-]4)C=C3)C=C2.[CH3-].[CH3-].[CH3-].[CH3-].[CH3-].[Mn+2]. The van der Waals surface area contributed by atoms with Gasteiger partial charge >= 0.3 is 65.5 Å².